The Morgan fingerprint density at radius 1 is 1.33 bits per heavy atom. The number of aryl methyl sites for hydroxylation is 2. The van der Waals surface area contributed by atoms with Gasteiger partial charge in [0.05, 0.1) is 0 Å². The predicted molar refractivity (Wildman–Crippen MR) is 51.3 cm³/mol. The van der Waals surface area contributed by atoms with Crippen LogP contribution >= 0.6 is 0 Å². The van der Waals surface area contributed by atoms with Crippen molar-refractivity contribution in [3.8, 4) is 0 Å². The summed E-state index contributed by atoms with van der Waals surface area (Å²) in [6.07, 6.45) is 1.84. The molecule has 0 unspecified atom stereocenters. The molecule has 0 aliphatic rings. The zero-order valence-corrected chi connectivity index (χ0v) is 7.80. The predicted octanol–water partition coefficient (Wildman–Crippen LogP) is 2.09. The van der Waals surface area contributed by atoms with Gasteiger partial charge in [-0.05, 0) is 36.5 Å². The zero-order valence-electron chi connectivity index (χ0n) is 7.80. The van der Waals surface area contributed by atoms with Gasteiger partial charge in [0.2, 0.25) is 0 Å². The summed E-state index contributed by atoms with van der Waals surface area (Å²) >= 11 is 0. The summed E-state index contributed by atoms with van der Waals surface area (Å²) in [6.45, 7) is 4.50. The van der Waals surface area contributed by atoms with Gasteiger partial charge in [-0.1, -0.05) is 25.1 Å². The molecule has 0 aliphatic carbocycles. The lowest BCUT2D eigenvalue weighted by Crippen LogP contribution is -1.99. The van der Waals surface area contributed by atoms with E-state index in [0.717, 1.165) is 12.8 Å². The number of aliphatic hydroxyl groups excluding tert-OH is 1. The first-order valence-corrected chi connectivity index (χ1v) is 4.47. The van der Waals surface area contributed by atoms with E-state index in [9.17, 15) is 0 Å². The van der Waals surface area contributed by atoms with Crippen LogP contribution in [0.4, 0.5) is 0 Å². The van der Waals surface area contributed by atoms with E-state index in [1.54, 1.807) is 0 Å². The largest absolute Gasteiger partial charge is 0.396 e. The van der Waals surface area contributed by atoms with Crippen LogP contribution < -0.4 is 0 Å². The molecule has 1 aromatic rings. The molecule has 0 saturated heterocycles. The second-order valence-corrected chi connectivity index (χ2v) is 3.04. The van der Waals surface area contributed by atoms with Gasteiger partial charge < -0.3 is 5.11 Å². The molecule has 1 rings (SSSR count). The van der Waals surface area contributed by atoms with Crippen LogP contribution in [0.5, 0.6) is 0 Å². The Morgan fingerprint density at radius 2 is 2.08 bits per heavy atom. The molecule has 1 nitrogen and oxygen atoms in total. The average molecular weight is 164 g/mol. The molecular weight excluding hydrogens is 148 g/mol. The van der Waals surface area contributed by atoms with Gasteiger partial charge in [0, 0.05) is 6.61 Å². The maximum atomic E-state index is 8.86. The SMILES string of the molecule is CCc1cccc(C)c1CCO. The summed E-state index contributed by atoms with van der Waals surface area (Å²) < 4.78 is 0. The van der Waals surface area contributed by atoms with Crippen LogP contribution in [0.15, 0.2) is 18.2 Å². The molecule has 0 heterocycles. The highest BCUT2D eigenvalue weighted by Gasteiger charge is 2.01. The van der Waals surface area contributed by atoms with Gasteiger partial charge in [-0.25, -0.2) is 0 Å². The lowest BCUT2D eigenvalue weighted by Gasteiger charge is -2.09. The van der Waals surface area contributed by atoms with Gasteiger partial charge in [-0.15, -0.1) is 0 Å². The van der Waals surface area contributed by atoms with Gasteiger partial charge in [-0.2, -0.15) is 0 Å². The normalized spacial score (nSPS) is 10.2. The van der Waals surface area contributed by atoms with Crippen molar-refractivity contribution in [2.24, 2.45) is 0 Å². The van der Waals surface area contributed by atoms with Crippen molar-refractivity contribution in [1.82, 2.24) is 0 Å². The molecule has 66 valence electrons. The quantitative estimate of drug-likeness (QED) is 0.725. The summed E-state index contributed by atoms with van der Waals surface area (Å²) in [5.74, 6) is 0. The molecule has 0 atom stereocenters. The first-order chi connectivity index (χ1) is 5.79. The fraction of sp³-hybridized carbons (Fsp3) is 0.455. The molecule has 0 amide bonds. The van der Waals surface area contributed by atoms with E-state index in [-0.39, 0.29) is 6.61 Å². The van der Waals surface area contributed by atoms with Crippen molar-refractivity contribution in [1.29, 1.82) is 0 Å². The van der Waals surface area contributed by atoms with Crippen molar-refractivity contribution < 1.29 is 5.11 Å². The van der Waals surface area contributed by atoms with Crippen LogP contribution in [0.3, 0.4) is 0 Å². The lowest BCUT2D eigenvalue weighted by molar-refractivity contribution is 0.299. The summed E-state index contributed by atoms with van der Waals surface area (Å²) in [4.78, 5) is 0. The number of rotatable bonds is 3. The van der Waals surface area contributed by atoms with Gasteiger partial charge in [0.25, 0.3) is 0 Å². The molecule has 1 N–H and O–H groups in total. The zero-order chi connectivity index (χ0) is 8.97. The van der Waals surface area contributed by atoms with Crippen LogP contribution in [-0.4, -0.2) is 11.7 Å². The van der Waals surface area contributed by atoms with Gasteiger partial charge in [0.1, 0.15) is 0 Å². The van der Waals surface area contributed by atoms with Crippen LogP contribution in [0, 0.1) is 6.92 Å². The Hall–Kier alpha value is -0.820. The minimum Gasteiger partial charge on any atom is -0.396 e. The molecule has 0 bridgehead atoms. The van der Waals surface area contributed by atoms with E-state index in [1.165, 1.54) is 16.7 Å². The molecule has 0 aliphatic heterocycles. The second kappa shape index (κ2) is 4.27. The Bertz CT molecular complexity index is 253. The van der Waals surface area contributed by atoms with Crippen LogP contribution in [-0.2, 0) is 12.8 Å². The highest BCUT2D eigenvalue weighted by atomic mass is 16.2. The summed E-state index contributed by atoms with van der Waals surface area (Å²) in [7, 11) is 0. The van der Waals surface area contributed by atoms with Crippen molar-refractivity contribution >= 4 is 0 Å². The highest BCUT2D eigenvalue weighted by Crippen LogP contribution is 2.14. The molecule has 1 aromatic carbocycles. The third-order valence-corrected chi connectivity index (χ3v) is 2.25. The van der Waals surface area contributed by atoms with E-state index in [4.69, 9.17) is 5.11 Å². The third-order valence-electron chi connectivity index (χ3n) is 2.25. The number of benzene rings is 1. The van der Waals surface area contributed by atoms with E-state index in [2.05, 4.69) is 32.0 Å². The van der Waals surface area contributed by atoms with Crippen molar-refractivity contribution in [2.75, 3.05) is 6.61 Å². The smallest absolute Gasteiger partial charge is 0.0471 e. The van der Waals surface area contributed by atoms with Crippen molar-refractivity contribution in [3.63, 3.8) is 0 Å². The minimum atomic E-state index is 0.248. The average Bonchev–Trinajstić information content (AvgIpc) is 2.09. The van der Waals surface area contributed by atoms with E-state index >= 15 is 0 Å². The minimum absolute atomic E-state index is 0.248. The topological polar surface area (TPSA) is 20.2 Å². The molecular formula is C11H16O. The van der Waals surface area contributed by atoms with Gasteiger partial charge in [0.15, 0.2) is 0 Å². The molecule has 0 saturated carbocycles. The molecule has 0 aromatic heterocycles. The Morgan fingerprint density at radius 3 is 2.67 bits per heavy atom. The molecule has 0 spiro atoms. The fourth-order valence-corrected chi connectivity index (χ4v) is 1.56. The number of hydrogen-bond acceptors (Lipinski definition) is 1. The maximum Gasteiger partial charge on any atom is 0.0471 e. The summed E-state index contributed by atoms with van der Waals surface area (Å²) in [6, 6.07) is 6.32. The fourth-order valence-electron chi connectivity index (χ4n) is 1.56. The molecule has 12 heavy (non-hydrogen) atoms. The lowest BCUT2D eigenvalue weighted by atomic mass is 9.98. The Kier molecular flexibility index (Phi) is 3.30. The van der Waals surface area contributed by atoms with E-state index in [1.807, 2.05) is 0 Å². The Balaban J connectivity index is 3.02. The van der Waals surface area contributed by atoms with Crippen LogP contribution in [0.25, 0.3) is 0 Å². The first kappa shape index (κ1) is 9.27. The molecule has 1 heteroatoms. The van der Waals surface area contributed by atoms with Crippen molar-refractivity contribution in [2.45, 2.75) is 26.7 Å². The van der Waals surface area contributed by atoms with Gasteiger partial charge in [-0.3, -0.25) is 0 Å². The monoisotopic (exact) mass is 164 g/mol. The van der Waals surface area contributed by atoms with E-state index in [0.29, 0.717) is 0 Å². The third kappa shape index (κ3) is 1.86. The molecule has 0 fully saturated rings. The highest BCUT2D eigenvalue weighted by molar-refractivity contribution is 5.34. The maximum absolute atomic E-state index is 8.86. The van der Waals surface area contributed by atoms with Crippen molar-refractivity contribution in [3.05, 3.63) is 34.9 Å². The van der Waals surface area contributed by atoms with Crippen LogP contribution in [0.2, 0.25) is 0 Å². The second-order valence-electron chi connectivity index (χ2n) is 3.04. The number of aliphatic hydroxyl groups is 1. The number of hydrogen-bond donors (Lipinski definition) is 1. The first-order valence-electron chi connectivity index (χ1n) is 4.47. The Labute approximate surface area is 74.1 Å². The van der Waals surface area contributed by atoms with Gasteiger partial charge >= 0.3 is 0 Å². The van der Waals surface area contributed by atoms with E-state index < -0.39 is 0 Å². The molecule has 0 radical (unpaired) electrons. The summed E-state index contributed by atoms with van der Waals surface area (Å²) in [5.41, 5.74) is 3.98. The van der Waals surface area contributed by atoms with Crippen LogP contribution in [0.1, 0.15) is 23.6 Å². The standard InChI is InChI=1S/C11H16O/c1-3-10-6-4-5-9(2)11(10)7-8-12/h4-6,12H,3,7-8H2,1-2H3. The summed E-state index contributed by atoms with van der Waals surface area (Å²) in [5, 5.41) is 8.86.